The quantitative estimate of drug-likeness (QED) is 0.746. The van der Waals surface area contributed by atoms with E-state index in [1.165, 1.54) is 0 Å². The van der Waals surface area contributed by atoms with E-state index in [1.807, 2.05) is 52.0 Å². The molecule has 2 aromatic rings. The summed E-state index contributed by atoms with van der Waals surface area (Å²) in [6.07, 6.45) is 1.72. The van der Waals surface area contributed by atoms with Crippen molar-refractivity contribution < 1.29 is 9.53 Å². The second-order valence-electron chi connectivity index (χ2n) is 3.56. The van der Waals surface area contributed by atoms with Gasteiger partial charge in [-0.15, -0.1) is 0 Å². The van der Waals surface area contributed by atoms with Crippen molar-refractivity contribution in [3.63, 3.8) is 0 Å². The number of hydrogen-bond donors (Lipinski definition) is 0. The molecule has 3 nitrogen and oxygen atoms in total. The summed E-state index contributed by atoms with van der Waals surface area (Å²) in [7, 11) is 0. The molecule has 3 heteroatoms. The lowest BCUT2D eigenvalue weighted by atomic mass is 10.2. The van der Waals surface area contributed by atoms with Crippen LogP contribution in [-0.4, -0.2) is 17.9 Å². The van der Waals surface area contributed by atoms with Crippen molar-refractivity contribution >= 4 is 17.2 Å². The number of carbonyl (C=O) groups excluding carboxylic acids is 1. The molecule has 0 bridgehead atoms. The van der Waals surface area contributed by atoms with E-state index >= 15 is 0 Å². The fourth-order valence-electron chi connectivity index (χ4n) is 1.49. The first kappa shape index (κ1) is 18.1. The van der Waals surface area contributed by atoms with E-state index in [1.54, 1.807) is 6.07 Å². The molecule has 1 aromatic heterocycles. The first-order valence-corrected chi connectivity index (χ1v) is 7.32. The normalized spacial score (nSPS) is 8.85. The zero-order valence-corrected chi connectivity index (χ0v) is 13.1. The average Bonchev–Trinajstić information content (AvgIpc) is 2.55. The third kappa shape index (κ3) is 5.39. The number of ether oxygens (including phenoxy) is 1. The number of aromatic nitrogens is 1. The molecule has 1 heterocycles. The molecule has 0 amide bonds. The Morgan fingerprint density at radius 2 is 1.75 bits per heavy atom. The molecule has 0 saturated carbocycles. The average molecular weight is 275 g/mol. The van der Waals surface area contributed by atoms with Gasteiger partial charge in [0, 0.05) is 11.5 Å². The van der Waals surface area contributed by atoms with Crippen molar-refractivity contribution in [3.05, 3.63) is 36.0 Å². The zero-order valence-electron chi connectivity index (χ0n) is 13.1. The summed E-state index contributed by atoms with van der Waals surface area (Å²) < 4.78 is 5.51. The summed E-state index contributed by atoms with van der Waals surface area (Å²) in [6, 6.07) is 9.32. The van der Waals surface area contributed by atoms with E-state index in [9.17, 15) is 4.79 Å². The van der Waals surface area contributed by atoms with E-state index in [0.29, 0.717) is 12.3 Å². The van der Waals surface area contributed by atoms with Crippen LogP contribution in [-0.2, 0) is 0 Å². The summed E-state index contributed by atoms with van der Waals surface area (Å²) in [5.41, 5.74) is 1.23. The topological polar surface area (TPSA) is 39.2 Å². The molecule has 20 heavy (non-hydrogen) atoms. The van der Waals surface area contributed by atoms with Gasteiger partial charge in [0.25, 0.3) is 0 Å². The van der Waals surface area contributed by atoms with E-state index in [-0.39, 0.29) is 0 Å². The largest absolute Gasteiger partial charge is 0.494 e. The number of benzene rings is 1. The fraction of sp³-hybridized carbons (Fsp3) is 0.412. The van der Waals surface area contributed by atoms with Crippen LogP contribution in [0.4, 0.5) is 0 Å². The van der Waals surface area contributed by atoms with Crippen molar-refractivity contribution in [2.75, 3.05) is 6.61 Å². The second-order valence-corrected chi connectivity index (χ2v) is 3.56. The molecule has 2 rings (SSSR count). The minimum atomic E-state index is 0.445. The first-order valence-electron chi connectivity index (χ1n) is 7.32. The highest BCUT2D eigenvalue weighted by Crippen LogP contribution is 2.19. The van der Waals surface area contributed by atoms with Crippen molar-refractivity contribution in [2.24, 2.45) is 0 Å². The number of hydrogen-bond acceptors (Lipinski definition) is 3. The third-order valence-electron chi connectivity index (χ3n) is 2.28. The second kappa shape index (κ2) is 11.0. The maximum atomic E-state index is 10.6. The Bertz CT molecular complexity index is 509. The van der Waals surface area contributed by atoms with Crippen LogP contribution in [0.15, 0.2) is 30.3 Å². The number of pyridine rings is 1. The van der Waals surface area contributed by atoms with Gasteiger partial charge in [0.1, 0.15) is 11.4 Å². The summed E-state index contributed by atoms with van der Waals surface area (Å²) in [5.74, 6) is 0.796. The fourth-order valence-corrected chi connectivity index (χ4v) is 1.49. The van der Waals surface area contributed by atoms with Crippen LogP contribution in [0, 0.1) is 0 Å². The molecule has 0 aliphatic carbocycles. The molecular formula is C17H25NO2. The van der Waals surface area contributed by atoms with E-state index < -0.39 is 0 Å². The Morgan fingerprint density at radius 3 is 2.35 bits per heavy atom. The number of carbonyl (C=O) groups is 1. The SMILES string of the molecule is CC.CC.CCCOc1ccc2ccc(C=O)nc2c1. The maximum absolute atomic E-state index is 10.6. The Balaban J connectivity index is 0.000000829. The van der Waals surface area contributed by atoms with Crippen LogP contribution >= 0.6 is 0 Å². The minimum absolute atomic E-state index is 0.445. The van der Waals surface area contributed by atoms with E-state index in [2.05, 4.69) is 11.9 Å². The number of fused-ring (bicyclic) bond motifs is 1. The molecule has 0 aliphatic rings. The van der Waals surface area contributed by atoms with Crippen LogP contribution in [0.2, 0.25) is 0 Å². The molecule has 0 unspecified atom stereocenters. The predicted molar refractivity (Wildman–Crippen MR) is 85.6 cm³/mol. The van der Waals surface area contributed by atoms with Gasteiger partial charge < -0.3 is 4.74 Å². The molecule has 0 atom stereocenters. The van der Waals surface area contributed by atoms with Gasteiger partial charge in [-0.05, 0) is 24.6 Å². The summed E-state index contributed by atoms with van der Waals surface area (Å²) in [6.45, 7) is 10.8. The van der Waals surface area contributed by atoms with Gasteiger partial charge in [-0.1, -0.05) is 40.7 Å². The van der Waals surface area contributed by atoms with Crippen molar-refractivity contribution in [2.45, 2.75) is 41.0 Å². The molecule has 0 N–H and O–H groups in total. The van der Waals surface area contributed by atoms with Gasteiger partial charge in [0.15, 0.2) is 6.29 Å². The molecular weight excluding hydrogens is 250 g/mol. The summed E-state index contributed by atoms with van der Waals surface area (Å²) >= 11 is 0. The van der Waals surface area contributed by atoms with Crippen molar-refractivity contribution in [3.8, 4) is 5.75 Å². The number of nitrogens with zero attached hydrogens (tertiary/aromatic N) is 1. The maximum Gasteiger partial charge on any atom is 0.168 e. The van der Waals surface area contributed by atoms with Gasteiger partial charge >= 0.3 is 0 Å². The van der Waals surface area contributed by atoms with Gasteiger partial charge in [-0.3, -0.25) is 4.79 Å². The van der Waals surface area contributed by atoms with E-state index in [0.717, 1.165) is 29.4 Å². The molecule has 1 aromatic carbocycles. The van der Waals surface area contributed by atoms with Gasteiger partial charge in [-0.2, -0.15) is 0 Å². The Kier molecular flexibility index (Phi) is 9.93. The molecule has 0 fully saturated rings. The van der Waals surface area contributed by atoms with Crippen LogP contribution < -0.4 is 4.74 Å². The first-order chi connectivity index (χ1) is 9.83. The minimum Gasteiger partial charge on any atom is -0.494 e. The lowest BCUT2D eigenvalue weighted by molar-refractivity contribution is 0.111. The molecule has 0 spiro atoms. The Morgan fingerprint density at radius 1 is 1.10 bits per heavy atom. The van der Waals surface area contributed by atoms with Crippen LogP contribution in [0.3, 0.4) is 0 Å². The van der Waals surface area contributed by atoms with Gasteiger partial charge in [0.05, 0.1) is 12.1 Å². The molecule has 0 saturated heterocycles. The Hall–Kier alpha value is -1.90. The van der Waals surface area contributed by atoms with E-state index in [4.69, 9.17) is 4.74 Å². The highest BCUT2D eigenvalue weighted by molar-refractivity contribution is 5.84. The molecule has 0 aliphatic heterocycles. The number of rotatable bonds is 4. The Labute approximate surface area is 122 Å². The third-order valence-corrected chi connectivity index (χ3v) is 2.28. The van der Waals surface area contributed by atoms with Gasteiger partial charge in [-0.25, -0.2) is 4.98 Å². The smallest absolute Gasteiger partial charge is 0.168 e. The van der Waals surface area contributed by atoms with Crippen molar-refractivity contribution in [1.29, 1.82) is 0 Å². The predicted octanol–water partition coefficient (Wildman–Crippen LogP) is 4.89. The van der Waals surface area contributed by atoms with Gasteiger partial charge in [0.2, 0.25) is 0 Å². The molecule has 0 radical (unpaired) electrons. The summed E-state index contributed by atoms with van der Waals surface area (Å²) in [4.78, 5) is 14.8. The highest BCUT2D eigenvalue weighted by Gasteiger charge is 2.00. The zero-order chi connectivity index (χ0) is 15.4. The van der Waals surface area contributed by atoms with Crippen molar-refractivity contribution in [1.82, 2.24) is 4.98 Å². The van der Waals surface area contributed by atoms with Crippen LogP contribution in [0.1, 0.15) is 51.5 Å². The lowest BCUT2D eigenvalue weighted by Gasteiger charge is -2.05. The standard InChI is InChI=1S/C13H13NO2.2C2H6/c1-2-7-16-12-6-4-10-3-5-11(9-15)14-13(10)8-12;2*1-2/h3-6,8-9H,2,7H2,1H3;2*1-2H3. The lowest BCUT2D eigenvalue weighted by Crippen LogP contribution is -1.95. The summed E-state index contributed by atoms with van der Waals surface area (Å²) in [5, 5.41) is 1.01. The van der Waals surface area contributed by atoms with Crippen LogP contribution in [0.25, 0.3) is 10.9 Å². The monoisotopic (exact) mass is 275 g/mol. The highest BCUT2D eigenvalue weighted by atomic mass is 16.5. The van der Waals surface area contributed by atoms with Crippen LogP contribution in [0.5, 0.6) is 5.75 Å². The molecule has 110 valence electrons. The number of aldehydes is 1.